The van der Waals surface area contributed by atoms with E-state index in [0.717, 1.165) is 0 Å². The molecule has 2 rings (SSSR count). The van der Waals surface area contributed by atoms with Gasteiger partial charge in [0.05, 0.1) is 45.7 Å². The third-order valence-corrected chi connectivity index (χ3v) is 9.71. The Balaban J connectivity index is -0.00000161. The smallest absolute Gasteiger partial charge is 0.305 e. The van der Waals surface area contributed by atoms with Gasteiger partial charge in [-0.3, -0.25) is 52.7 Å². The van der Waals surface area contributed by atoms with E-state index in [1.165, 1.54) is 18.2 Å². The molecule has 23 nitrogen and oxygen atoms in total. The van der Waals surface area contributed by atoms with Crippen LogP contribution in [0.3, 0.4) is 0 Å². The normalized spacial score (nSPS) is 10.8. The molecule has 0 spiro atoms. The van der Waals surface area contributed by atoms with Crippen molar-refractivity contribution in [1.82, 2.24) is 42.5 Å². The van der Waals surface area contributed by atoms with E-state index in [4.69, 9.17) is 15.9 Å². The Morgan fingerprint density at radius 2 is 1.09 bits per heavy atom. The van der Waals surface area contributed by atoms with Crippen molar-refractivity contribution in [3.63, 3.8) is 0 Å². The number of aliphatic carboxylic acids is 2. The molecule has 0 aromatic heterocycles. The summed E-state index contributed by atoms with van der Waals surface area (Å²) in [6.45, 7) is 2.93. The van der Waals surface area contributed by atoms with Gasteiger partial charge in [-0.2, -0.15) is 11.8 Å². The van der Waals surface area contributed by atoms with Gasteiger partial charge < -0.3 is 64.2 Å². The van der Waals surface area contributed by atoms with E-state index < -0.39 is 116 Å². The number of carboxylic acids is 2. The van der Waals surface area contributed by atoms with Crippen molar-refractivity contribution in [2.45, 2.75) is 64.6 Å². The first-order chi connectivity index (χ1) is 32.7. The second-order valence-electron chi connectivity index (χ2n) is 13.7. The highest BCUT2D eigenvalue weighted by Gasteiger charge is 2.24. The topological polar surface area (TPSA) is 377 Å². The average Bonchev–Trinajstić information content (AvgIpc) is 3.32. The van der Waals surface area contributed by atoms with E-state index in [9.17, 15) is 52.7 Å². The molecule has 9 amide bonds. The Morgan fingerprint density at radius 1 is 0.638 bits per heavy atom. The van der Waals surface area contributed by atoms with E-state index in [1.807, 2.05) is 30.0 Å². The van der Waals surface area contributed by atoms with Crippen molar-refractivity contribution in [3.05, 3.63) is 71.8 Å². The van der Waals surface area contributed by atoms with Gasteiger partial charge in [-0.25, -0.2) is 0 Å². The minimum atomic E-state index is -1.26. The van der Waals surface area contributed by atoms with Gasteiger partial charge in [-0.1, -0.05) is 94.7 Å². The number of amides is 9. The van der Waals surface area contributed by atoms with E-state index in [0.29, 0.717) is 12.0 Å². The predicted octanol–water partition coefficient (Wildman–Crippen LogP) is -1.32. The van der Waals surface area contributed by atoms with Crippen LogP contribution in [0.2, 0.25) is 0 Å². The Hall–Kier alpha value is -6.38. The molecule has 69 heavy (non-hydrogen) atoms. The quantitative estimate of drug-likeness (QED) is 0.0384. The second kappa shape index (κ2) is 44.1. The SMILES string of the molecule is CCSC.CSSC.C[C@H](CC(=O)O)NC(=O)CNC(=O)C(Cc1ccccc1)NC(=O)CNC(=O)CNC(=O)CNC(=O)C(CCC(=O)O)NC(=O)CN.Cc1ccccc1.NC(=O)CNC=O. The summed E-state index contributed by atoms with van der Waals surface area (Å²) in [5.41, 5.74) is 11.8. The van der Waals surface area contributed by atoms with Gasteiger partial charge in [0.15, 0.2) is 0 Å². The minimum absolute atomic E-state index is 0.0399. The third kappa shape index (κ3) is 43.9. The molecule has 0 radical (unpaired) electrons. The first-order valence-electron chi connectivity index (χ1n) is 20.9. The van der Waals surface area contributed by atoms with Crippen LogP contribution in [0.4, 0.5) is 0 Å². The number of hydrogen-bond donors (Lipinski definition) is 12. The molecule has 0 saturated carbocycles. The van der Waals surface area contributed by atoms with Gasteiger partial charge in [-0.15, -0.1) is 0 Å². The van der Waals surface area contributed by atoms with Crippen LogP contribution in [0.15, 0.2) is 60.7 Å². The molecule has 2 unspecified atom stereocenters. The Kier molecular flexibility index (Phi) is 42.8. The number of carbonyl (C=O) groups is 11. The number of carbonyl (C=O) groups excluding carboxylic acids is 9. The van der Waals surface area contributed by atoms with Gasteiger partial charge in [-0.05, 0) is 50.4 Å². The summed E-state index contributed by atoms with van der Waals surface area (Å²) in [4.78, 5) is 126. The summed E-state index contributed by atoms with van der Waals surface area (Å²) in [6, 6.07) is 15.8. The van der Waals surface area contributed by atoms with E-state index in [-0.39, 0.29) is 25.8 Å². The molecule has 3 atom stereocenters. The summed E-state index contributed by atoms with van der Waals surface area (Å²) in [5.74, 6) is -6.87. The fourth-order valence-electron chi connectivity index (χ4n) is 4.47. The molecule has 0 aliphatic heterocycles. The molecule has 0 saturated heterocycles. The van der Waals surface area contributed by atoms with Crippen LogP contribution in [-0.4, -0.2) is 158 Å². The summed E-state index contributed by atoms with van der Waals surface area (Å²) in [7, 11) is 3.55. The average molecular weight is 1030 g/mol. The van der Waals surface area contributed by atoms with Gasteiger partial charge in [0.2, 0.25) is 53.7 Å². The van der Waals surface area contributed by atoms with Gasteiger partial charge in [0.25, 0.3) is 0 Å². The molecule has 386 valence electrons. The number of thioether (sulfide) groups is 1. The summed E-state index contributed by atoms with van der Waals surface area (Å²) in [5, 5.41) is 35.9. The first kappa shape index (κ1) is 66.9. The summed E-state index contributed by atoms with van der Waals surface area (Å²) in [6.07, 6.45) is 5.67. The van der Waals surface area contributed by atoms with Crippen molar-refractivity contribution in [2.75, 3.05) is 63.8 Å². The fraction of sp³-hybridized carbons (Fsp3) is 0.465. The van der Waals surface area contributed by atoms with Crippen LogP contribution in [0.1, 0.15) is 44.2 Å². The monoisotopic (exact) mass is 1030 g/mol. The zero-order chi connectivity index (χ0) is 53.0. The second-order valence-corrected chi connectivity index (χ2v) is 17.5. The lowest BCUT2D eigenvalue weighted by Gasteiger charge is -2.19. The largest absolute Gasteiger partial charge is 0.481 e. The number of nitrogens with two attached hydrogens (primary N) is 2. The van der Waals surface area contributed by atoms with E-state index >= 15 is 0 Å². The lowest BCUT2D eigenvalue weighted by molar-refractivity contribution is -0.139. The van der Waals surface area contributed by atoms with Gasteiger partial charge in [0.1, 0.15) is 12.1 Å². The first-order valence-corrected chi connectivity index (χ1v) is 25.2. The standard InChI is InChI=1S/C28H40N8O11.C7H8.C3H6N2O2.C3H8S.C2H6S2/c1-16(9-26(44)45)34-23(40)15-33-28(47)19(10-17-5-3-2-4-6-17)36-24(41)14-31-21(38)12-30-22(39)13-32-27(46)18(7-8-25(42)43)35-20(37)11-29;1-7-5-3-2-4-6-7;4-3(7)1-5-2-6;2*1-3-4-2/h2-6,16,18-19H,7-15,29H2,1H3,(H,30,39)(H,31,38)(H,32,46)(H,33,47)(H,34,40)(H,35,37)(H,36,41)(H,42,43)(H,44,45);2-6H,1H3;2H,1H2,(H2,4,7)(H,5,6);3H2,1-2H3;1-2H3/t16-,18?,19?;;;;/m1..../s1. The number of aryl methyl sites for hydroxylation is 1. The molecule has 26 heteroatoms. The minimum Gasteiger partial charge on any atom is -0.481 e. The van der Waals surface area contributed by atoms with Crippen LogP contribution < -0.4 is 54.0 Å². The number of hydrogen-bond acceptors (Lipinski definition) is 15. The lowest BCUT2D eigenvalue weighted by atomic mass is 10.1. The van der Waals surface area contributed by atoms with Gasteiger partial charge >= 0.3 is 11.9 Å². The molecule has 14 N–H and O–H groups in total. The van der Waals surface area contributed by atoms with Crippen LogP contribution in [0, 0.1) is 6.92 Å². The molecular formula is C43H68N10O13S3. The number of rotatable bonds is 26. The molecule has 2 aromatic rings. The predicted molar refractivity (Wildman–Crippen MR) is 267 cm³/mol. The lowest BCUT2D eigenvalue weighted by Crippen LogP contribution is -2.53. The zero-order valence-corrected chi connectivity index (χ0v) is 42.1. The number of primary amides is 1. The number of carboxylic acid groups (broad SMARTS) is 2. The van der Waals surface area contributed by atoms with Gasteiger partial charge in [0, 0.05) is 18.9 Å². The molecule has 0 aliphatic rings. The van der Waals surface area contributed by atoms with Crippen LogP contribution >= 0.6 is 33.3 Å². The zero-order valence-electron chi connectivity index (χ0n) is 39.6. The Bertz CT molecular complexity index is 1850. The Morgan fingerprint density at radius 3 is 1.49 bits per heavy atom. The highest BCUT2D eigenvalue weighted by Crippen LogP contribution is 2.09. The van der Waals surface area contributed by atoms with Crippen molar-refractivity contribution in [3.8, 4) is 0 Å². The molecular weight excluding hydrogens is 961 g/mol. The van der Waals surface area contributed by atoms with Crippen molar-refractivity contribution in [1.29, 1.82) is 0 Å². The van der Waals surface area contributed by atoms with E-state index in [2.05, 4.69) is 93.0 Å². The maximum absolute atomic E-state index is 12.8. The molecule has 0 fully saturated rings. The number of nitrogens with one attached hydrogen (secondary N) is 8. The van der Waals surface area contributed by atoms with Crippen LogP contribution in [0.5, 0.6) is 0 Å². The summed E-state index contributed by atoms with van der Waals surface area (Å²) < 4.78 is 0. The Labute approximate surface area is 414 Å². The third-order valence-electron chi connectivity index (χ3n) is 7.80. The summed E-state index contributed by atoms with van der Waals surface area (Å²) >= 11 is 1.86. The van der Waals surface area contributed by atoms with E-state index in [1.54, 1.807) is 51.9 Å². The molecule has 2 aromatic carbocycles. The van der Waals surface area contributed by atoms with Crippen LogP contribution in [-0.2, 0) is 59.2 Å². The fourth-order valence-corrected chi connectivity index (χ4v) is 4.47. The number of benzene rings is 2. The molecule has 0 heterocycles. The van der Waals surface area contributed by atoms with Crippen molar-refractivity contribution >= 4 is 99.0 Å². The van der Waals surface area contributed by atoms with Crippen LogP contribution in [0.25, 0.3) is 0 Å². The maximum atomic E-state index is 12.8. The van der Waals surface area contributed by atoms with Crippen molar-refractivity contribution < 1.29 is 63.0 Å². The highest BCUT2D eigenvalue weighted by molar-refractivity contribution is 8.76. The molecule has 0 bridgehead atoms. The maximum Gasteiger partial charge on any atom is 0.305 e. The van der Waals surface area contributed by atoms with Crippen molar-refractivity contribution in [2.24, 2.45) is 11.5 Å². The molecule has 0 aliphatic carbocycles. The highest BCUT2D eigenvalue weighted by atomic mass is 33.1.